The van der Waals surface area contributed by atoms with Crippen LogP contribution >= 0.6 is 0 Å². The van der Waals surface area contributed by atoms with Gasteiger partial charge < -0.3 is 5.32 Å². The molecular weight excluding hydrogens is 248 g/mol. The number of nitrogens with zero attached hydrogens (tertiary/aromatic N) is 3. The lowest BCUT2D eigenvalue weighted by atomic mass is 9.97. The number of fused-ring (bicyclic) bond motifs is 1. The Bertz CT molecular complexity index is 593. The molecule has 2 aromatic rings. The first-order valence-corrected chi connectivity index (χ1v) is 7.23. The SMILES string of the molecule is CC(C)c1nc(Cc2ccccn2)nc2c1CCNC2. The van der Waals surface area contributed by atoms with Crippen LogP contribution in [0.1, 0.15) is 48.2 Å². The van der Waals surface area contributed by atoms with Gasteiger partial charge in [-0.25, -0.2) is 9.97 Å². The second kappa shape index (κ2) is 5.67. The maximum Gasteiger partial charge on any atom is 0.134 e. The van der Waals surface area contributed by atoms with Crippen LogP contribution in [0, 0.1) is 0 Å². The van der Waals surface area contributed by atoms with Crippen molar-refractivity contribution in [3.05, 3.63) is 52.9 Å². The predicted octanol–water partition coefficient (Wildman–Crippen LogP) is 2.23. The van der Waals surface area contributed by atoms with Gasteiger partial charge in [0.1, 0.15) is 5.82 Å². The van der Waals surface area contributed by atoms with E-state index in [-0.39, 0.29) is 0 Å². The average molecular weight is 268 g/mol. The lowest BCUT2D eigenvalue weighted by Crippen LogP contribution is -2.27. The van der Waals surface area contributed by atoms with Crippen LogP contribution in [0.15, 0.2) is 24.4 Å². The molecule has 1 aliphatic heterocycles. The number of aromatic nitrogens is 3. The van der Waals surface area contributed by atoms with Gasteiger partial charge in [-0.2, -0.15) is 0 Å². The second-order valence-electron chi connectivity index (χ2n) is 5.53. The average Bonchev–Trinajstić information content (AvgIpc) is 2.47. The summed E-state index contributed by atoms with van der Waals surface area (Å²) < 4.78 is 0. The van der Waals surface area contributed by atoms with Crippen LogP contribution in [-0.2, 0) is 19.4 Å². The van der Waals surface area contributed by atoms with E-state index in [1.54, 1.807) is 0 Å². The summed E-state index contributed by atoms with van der Waals surface area (Å²) in [5.41, 5.74) is 4.75. The fraction of sp³-hybridized carbons (Fsp3) is 0.438. The quantitative estimate of drug-likeness (QED) is 0.927. The van der Waals surface area contributed by atoms with Gasteiger partial charge in [-0.15, -0.1) is 0 Å². The van der Waals surface area contributed by atoms with Crippen molar-refractivity contribution in [2.24, 2.45) is 0 Å². The van der Waals surface area contributed by atoms with Gasteiger partial charge in [0, 0.05) is 18.4 Å². The maximum absolute atomic E-state index is 4.80. The molecule has 0 aromatic carbocycles. The highest BCUT2D eigenvalue weighted by atomic mass is 15.0. The van der Waals surface area contributed by atoms with Gasteiger partial charge in [0.15, 0.2) is 0 Å². The molecule has 20 heavy (non-hydrogen) atoms. The van der Waals surface area contributed by atoms with Crippen molar-refractivity contribution in [1.82, 2.24) is 20.3 Å². The van der Waals surface area contributed by atoms with Gasteiger partial charge in [0.2, 0.25) is 0 Å². The standard InChI is InChI=1S/C16H20N4/c1-11(2)16-13-6-8-17-10-14(13)19-15(20-16)9-12-5-3-4-7-18-12/h3-5,7,11,17H,6,8-10H2,1-2H3. The molecule has 0 saturated heterocycles. The summed E-state index contributed by atoms with van der Waals surface area (Å²) in [5, 5.41) is 3.39. The molecule has 104 valence electrons. The number of hydrogen-bond acceptors (Lipinski definition) is 4. The summed E-state index contributed by atoms with van der Waals surface area (Å²) in [7, 11) is 0. The van der Waals surface area contributed by atoms with E-state index in [4.69, 9.17) is 9.97 Å². The van der Waals surface area contributed by atoms with Crippen LogP contribution in [0.3, 0.4) is 0 Å². The smallest absolute Gasteiger partial charge is 0.134 e. The fourth-order valence-corrected chi connectivity index (χ4v) is 2.66. The van der Waals surface area contributed by atoms with Crippen molar-refractivity contribution in [3.8, 4) is 0 Å². The minimum absolute atomic E-state index is 0.437. The number of nitrogens with one attached hydrogen (secondary N) is 1. The van der Waals surface area contributed by atoms with E-state index in [2.05, 4.69) is 24.1 Å². The van der Waals surface area contributed by atoms with Crippen molar-refractivity contribution < 1.29 is 0 Å². The second-order valence-corrected chi connectivity index (χ2v) is 5.53. The van der Waals surface area contributed by atoms with Crippen molar-refractivity contribution in [2.75, 3.05) is 6.54 Å². The maximum atomic E-state index is 4.80. The van der Waals surface area contributed by atoms with Gasteiger partial charge in [0.25, 0.3) is 0 Å². The predicted molar refractivity (Wildman–Crippen MR) is 78.6 cm³/mol. The molecule has 2 aromatic heterocycles. The van der Waals surface area contributed by atoms with Gasteiger partial charge in [-0.1, -0.05) is 19.9 Å². The minimum atomic E-state index is 0.437. The molecule has 0 unspecified atom stereocenters. The molecule has 3 rings (SSSR count). The van der Waals surface area contributed by atoms with Gasteiger partial charge in [0.05, 0.1) is 17.8 Å². The van der Waals surface area contributed by atoms with Crippen molar-refractivity contribution in [3.63, 3.8) is 0 Å². The molecule has 0 spiro atoms. The molecule has 1 aliphatic rings. The van der Waals surface area contributed by atoms with E-state index in [9.17, 15) is 0 Å². The van der Waals surface area contributed by atoms with Gasteiger partial charge >= 0.3 is 0 Å². The number of pyridine rings is 1. The molecule has 0 saturated carbocycles. The Morgan fingerprint density at radius 1 is 1.25 bits per heavy atom. The van der Waals surface area contributed by atoms with E-state index >= 15 is 0 Å². The Morgan fingerprint density at radius 3 is 2.90 bits per heavy atom. The molecule has 3 heterocycles. The number of rotatable bonds is 3. The summed E-state index contributed by atoms with van der Waals surface area (Å²) in [6, 6.07) is 5.96. The Balaban J connectivity index is 1.97. The van der Waals surface area contributed by atoms with Crippen LogP contribution < -0.4 is 5.32 Å². The van der Waals surface area contributed by atoms with Crippen molar-refractivity contribution in [1.29, 1.82) is 0 Å². The molecule has 4 heteroatoms. The largest absolute Gasteiger partial charge is 0.311 e. The molecule has 4 nitrogen and oxygen atoms in total. The minimum Gasteiger partial charge on any atom is -0.311 e. The Labute approximate surface area is 119 Å². The van der Waals surface area contributed by atoms with Crippen LogP contribution in [0.4, 0.5) is 0 Å². The zero-order valence-corrected chi connectivity index (χ0v) is 12.1. The molecule has 0 bridgehead atoms. The molecule has 0 amide bonds. The highest BCUT2D eigenvalue weighted by Gasteiger charge is 2.19. The summed E-state index contributed by atoms with van der Waals surface area (Å²) in [6.07, 6.45) is 3.55. The third kappa shape index (κ3) is 2.70. The Hall–Kier alpha value is -1.81. The first-order chi connectivity index (χ1) is 9.74. The molecule has 0 atom stereocenters. The van der Waals surface area contributed by atoms with Crippen LogP contribution in [-0.4, -0.2) is 21.5 Å². The van der Waals surface area contributed by atoms with Gasteiger partial charge in [-0.05, 0) is 36.6 Å². The lowest BCUT2D eigenvalue weighted by molar-refractivity contribution is 0.601. The van der Waals surface area contributed by atoms with E-state index < -0.39 is 0 Å². The number of hydrogen-bond donors (Lipinski definition) is 1. The van der Waals surface area contributed by atoms with E-state index in [0.717, 1.165) is 31.0 Å². The highest BCUT2D eigenvalue weighted by Crippen LogP contribution is 2.23. The zero-order valence-electron chi connectivity index (χ0n) is 12.1. The molecule has 0 aliphatic carbocycles. The van der Waals surface area contributed by atoms with Crippen molar-refractivity contribution in [2.45, 2.75) is 39.2 Å². The third-order valence-corrected chi connectivity index (χ3v) is 3.63. The Morgan fingerprint density at radius 2 is 2.15 bits per heavy atom. The molecule has 0 radical (unpaired) electrons. The third-order valence-electron chi connectivity index (χ3n) is 3.63. The van der Waals surface area contributed by atoms with Crippen LogP contribution in [0.5, 0.6) is 0 Å². The summed E-state index contributed by atoms with van der Waals surface area (Å²) in [5.74, 6) is 1.32. The summed E-state index contributed by atoms with van der Waals surface area (Å²) in [6.45, 7) is 6.28. The van der Waals surface area contributed by atoms with Crippen LogP contribution in [0.25, 0.3) is 0 Å². The van der Waals surface area contributed by atoms with E-state index in [1.165, 1.54) is 17.0 Å². The molecule has 1 N–H and O–H groups in total. The first-order valence-electron chi connectivity index (χ1n) is 7.23. The highest BCUT2D eigenvalue weighted by molar-refractivity contribution is 5.31. The summed E-state index contributed by atoms with van der Waals surface area (Å²) in [4.78, 5) is 13.9. The molecule has 0 fully saturated rings. The van der Waals surface area contributed by atoms with E-state index in [0.29, 0.717) is 12.3 Å². The topological polar surface area (TPSA) is 50.7 Å². The van der Waals surface area contributed by atoms with E-state index in [1.807, 2.05) is 24.4 Å². The van der Waals surface area contributed by atoms with Crippen molar-refractivity contribution >= 4 is 0 Å². The molecular formula is C16H20N4. The first kappa shape index (κ1) is 13.2. The monoisotopic (exact) mass is 268 g/mol. The van der Waals surface area contributed by atoms with Gasteiger partial charge in [-0.3, -0.25) is 4.98 Å². The van der Waals surface area contributed by atoms with Crippen LogP contribution in [0.2, 0.25) is 0 Å². The normalized spacial score (nSPS) is 14.3. The fourth-order valence-electron chi connectivity index (χ4n) is 2.66. The summed E-state index contributed by atoms with van der Waals surface area (Å²) >= 11 is 0. The lowest BCUT2D eigenvalue weighted by Gasteiger charge is -2.21. The Kier molecular flexibility index (Phi) is 3.74. The zero-order chi connectivity index (χ0) is 13.9.